The summed E-state index contributed by atoms with van der Waals surface area (Å²) in [6, 6.07) is 17.6. The number of nitro groups is 2. The van der Waals surface area contributed by atoms with Gasteiger partial charge in [-0.05, 0) is 24.3 Å². The largest absolute Gasteiger partial charge is 0.759 e. The van der Waals surface area contributed by atoms with Gasteiger partial charge in [-0.1, -0.05) is 12.1 Å². The van der Waals surface area contributed by atoms with Gasteiger partial charge in [0.15, 0.2) is 12.4 Å². The summed E-state index contributed by atoms with van der Waals surface area (Å²) < 4.78 is 37.6. The van der Waals surface area contributed by atoms with Crippen molar-refractivity contribution in [1.29, 1.82) is 0 Å². The van der Waals surface area contributed by atoms with Crippen molar-refractivity contribution in [2.75, 3.05) is 0 Å². The third-order valence-electron chi connectivity index (χ3n) is 4.36. The SMILES string of the molecule is C[n+]1cccc2cccc([N+](=O)[O-])c21.C[n+]1cccc2cccc([N+](=O)[O-])c21.O=S(=O)([O-])[O-]. The van der Waals surface area contributed by atoms with Crippen LogP contribution < -0.4 is 9.13 Å². The van der Waals surface area contributed by atoms with Crippen molar-refractivity contribution in [1.82, 2.24) is 0 Å². The van der Waals surface area contributed by atoms with E-state index in [4.69, 9.17) is 17.5 Å². The van der Waals surface area contributed by atoms with Crippen molar-refractivity contribution in [2.24, 2.45) is 14.1 Å². The first-order valence-electron chi connectivity index (χ1n) is 9.10. The third-order valence-corrected chi connectivity index (χ3v) is 4.36. The monoisotopic (exact) mass is 474 g/mol. The fourth-order valence-corrected chi connectivity index (χ4v) is 3.13. The fourth-order valence-electron chi connectivity index (χ4n) is 3.13. The molecule has 0 saturated heterocycles. The molecule has 0 aliphatic rings. The number of non-ortho nitro benzene ring substituents is 2. The molecule has 0 amide bonds. The summed E-state index contributed by atoms with van der Waals surface area (Å²) in [5.41, 5.74) is 1.59. The normalized spacial score (nSPS) is 10.5. The molecule has 172 valence electrons. The van der Waals surface area contributed by atoms with E-state index < -0.39 is 10.4 Å². The van der Waals surface area contributed by atoms with Gasteiger partial charge in [0.2, 0.25) is 0 Å². The first-order chi connectivity index (χ1) is 15.4. The molecule has 0 aliphatic heterocycles. The van der Waals surface area contributed by atoms with Crippen LogP contribution in [-0.2, 0) is 24.5 Å². The molecule has 0 bridgehead atoms. The van der Waals surface area contributed by atoms with Gasteiger partial charge in [0, 0.05) is 34.7 Å². The van der Waals surface area contributed by atoms with Gasteiger partial charge in [0.05, 0.1) is 20.6 Å². The molecule has 2 aromatic heterocycles. The summed E-state index contributed by atoms with van der Waals surface area (Å²) in [5, 5.41) is 23.3. The van der Waals surface area contributed by atoms with Gasteiger partial charge < -0.3 is 9.11 Å². The number of benzene rings is 2. The molecule has 13 heteroatoms. The lowest BCUT2D eigenvalue weighted by Gasteiger charge is -2.06. The first kappa shape index (κ1) is 25.2. The average Bonchev–Trinajstić information content (AvgIpc) is 2.72. The summed E-state index contributed by atoms with van der Waals surface area (Å²) in [7, 11) is -1.56. The topological polar surface area (TPSA) is 174 Å². The van der Waals surface area contributed by atoms with Crippen LogP contribution in [0.15, 0.2) is 73.1 Å². The van der Waals surface area contributed by atoms with E-state index in [9.17, 15) is 20.2 Å². The maximum atomic E-state index is 10.8. The Morgan fingerprint density at radius 3 is 1.27 bits per heavy atom. The van der Waals surface area contributed by atoms with Crippen molar-refractivity contribution in [3.8, 4) is 0 Å². The Hall–Kier alpha value is -4.07. The van der Waals surface area contributed by atoms with Crippen LogP contribution in [0.4, 0.5) is 11.4 Å². The number of nitrogens with zero attached hydrogens (tertiary/aromatic N) is 4. The number of pyridine rings is 2. The minimum Gasteiger partial charge on any atom is -0.759 e. The van der Waals surface area contributed by atoms with Crippen LogP contribution in [0.2, 0.25) is 0 Å². The molecule has 0 aliphatic carbocycles. The maximum absolute atomic E-state index is 10.8. The smallest absolute Gasteiger partial charge is 0.340 e. The summed E-state index contributed by atoms with van der Waals surface area (Å²) in [5.74, 6) is 0. The quantitative estimate of drug-likeness (QED) is 0.139. The third kappa shape index (κ3) is 6.96. The number of rotatable bonds is 2. The molecule has 0 saturated carbocycles. The molecule has 33 heavy (non-hydrogen) atoms. The van der Waals surface area contributed by atoms with E-state index >= 15 is 0 Å². The summed E-state index contributed by atoms with van der Waals surface area (Å²) in [6.07, 6.45) is 3.60. The van der Waals surface area contributed by atoms with Gasteiger partial charge in [-0.2, -0.15) is 9.13 Å². The number of hydrogen-bond donors (Lipinski definition) is 0. The highest BCUT2D eigenvalue weighted by molar-refractivity contribution is 7.79. The Morgan fingerprint density at radius 2 is 0.970 bits per heavy atom. The van der Waals surface area contributed by atoms with E-state index in [0.29, 0.717) is 11.0 Å². The van der Waals surface area contributed by atoms with Crippen LogP contribution in [0, 0.1) is 20.2 Å². The van der Waals surface area contributed by atoms with Crippen molar-refractivity contribution >= 4 is 43.6 Å². The van der Waals surface area contributed by atoms with Crippen LogP contribution in [0.25, 0.3) is 21.8 Å². The highest BCUT2D eigenvalue weighted by Crippen LogP contribution is 2.21. The van der Waals surface area contributed by atoms with Gasteiger partial charge in [-0.3, -0.25) is 28.6 Å². The van der Waals surface area contributed by atoms with Crippen molar-refractivity contribution < 1.29 is 36.5 Å². The number of para-hydroxylation sites is 2. The fraction of sp³-hybridized carbons (Fsp3) is 0.100. The summed E-state index contributed by atoms with van der Waals surface area (Å²) in [6.45, 7) is 0. The number of aromatic nitrogens is 2. The molecular formula is C20H18N4O8S. The highest BCUT2D eigenvalue weighted by atomic mass is 32.3. The van der Waals surface area contributed by atoms with Crippen LogP contribution in [-0.4, -0.2) is 27.4 Å². The second kappa shape index (κ2) is 10.5. The van der Waals surface area contributed by atoms with Gasteiger partial charge in [0.1, 0.15) is 14.1 Å². The zero-order valence-electron chi connectivity index (χ0n) is 17.4. The van der Waals surface area contributed by atoms with E-state index in [1.165, 1.54) is 12.1 Å². The lowest BCUT2D eigenvalue weighted by Crippen LogP contribution is -2.28. The molecule has 4 aromatic rings. The van der Waals surface area contributed by atoms with Crippen molar-refractivity contribution in [3.63, 3.8) is 0 Å². The Bertz CT molecular complexity index is 1330. The lowest BCUT2D eigenvalue weighted by molar-refractivity contribution is -0.647. The van der Waals surface area contributed by atoms with E-state index in [1.807, 2.05) is 36.4 Å². The zero-order chi connectivity index (χ0) is 24.8. The second-order valence-corrected chi connectivity index (χ2v) is 7.41. The molecule has 0 atom stereocenters. The predicted octanol–water partition coefficient (Wildman–Crippen LogP) is 1.81. The number of aryl methyl sites for hydroxylation is 2. The lowest BCUT2D eigenvalue weighted by atomic mass is 10.2. The molecule has 4 rings (SSSR count). The second-order valence-electron chi connectivity index (χ2n) is 6.59. The molecule has 0 unspecified atom stereocenters. The van der Waals surface area contributed by atoms with E-state index in [2.05, 4.69) is 0 Å². The molecular weight excluding hydrogens is 456 g/mol. The highest BCUT2D eigenvalue weighted by Gasteiger charge is 2.19. The minimum absolute atomic E-state index is 0.144. The molecule has 12 nitrogen and oxygen atoms in total. The number of hydrogen-bond acceptors (Lipinski definition) is 8. The van der Waals surface area contributed by atoms with Crippen LogP contribution in [0.5, 0.6) is 0 Å². The molecule has 0 radical (unpaired) electrons. The maximum Gasteiger partial charge on any atom is 0.340 e. The van der Waals surface area contributed by atoms with Crippen LogP contribution >= 0.6 is 0 Å². The average molecular weight is 474 g/mol. The van der Waals surface area contributed by atoms with E-state index in [1.54, 1.807) is 47.8 Å². The van der Waals surface area contributed by atoms with Gasteiger partial charge in [-0.25, -0.2) is 0 Å². The number of fused-ring (bicyclic) bond motifs is 2. The van der Waals surface area contributed by atoms with Crippen LogP contribution in [0.1, 0.15) is 0 Å². The molecule has 0 N–H and O–H groups in total. The van der Waals surface area contributed by atoms with E-state index in [-0.39, 0.29) is 21.2 Å². The Labute approximate surface area is 187 Å². The van der Waals surface area contributed by atoms with Gasteiger partial charge in [-0.15, -0.1) is 0 Å². The van der Waals surface area contributed by atoms with E-state index in [0.717, 1.165) is 10.8 Å². The Kier molecular flexibility index (Phi) is 8.01. The predicted molar refractivity (Wildman–Crippen MR) is 114 cm³/mol. The van der Waals surface area contributed by atoms with Gasteiger partial charge >= 0.3 is 11.4 Å². The summed E-state index contributed by atoms with van der Waals surface area (Å²) in [4.78, 5) is 20.8. The standard InChI is InChI=1S/2C10H9N2O2.H2O4S/c2*1-11-7-3-5-8-4-2-6-9(10(8)11)12(13)14;1-5(2,3)4/h2*2-7H,1H3;(H2,1,2,3,4)/q2*+1;/p-2. The molecule has 0 fully saturated rings. The first-order valence-corrected chi connectivity index (χ1v) is 10.4. The zero-order valence-corrected chi connectivity index (χ0v) is 18.2. The van der Waals surface area contributed by atoms with Gasteiger partial charge in [0.25, 0.3) is 11.0 Å². The molecule has 2 aromatic carbocycles. The van der Waals surface area contributed by atoms with Crippen LogP contribution in [0.3, 0.4) is 0 Å². The number of nitro benzene ring substituents is 2. The van der Waals surface area contributed by atoms with Crippen molar-refractivity contribution in [2.45, 2.75) is 0 Å². The Balaban J connectivity index is 0.000000195. The minimum atomic E-state index is -5.17. The Morgan fingerprint density at radius 1 is 0.667 bits per heavy atom. The summed E-state index contributed by atoms with van der Waals surface area (Å²) >= 11 is 0. The molecule has 0 spiro atoms. The van der Waals surface area contributed by atoms with Crippen molar-refractivity contribution in [3.05, 3.63) is 93.3 Å². The molecule has 2 heterocycles.